The molecule has 0 saturated heterocycles. The standard InChI is InChI=1S/C14H16N4O3/c1-14(2,3)11-8-12(18-21-11)16-13(19)15-9-4-6-10(17-20)7-5-9/h4-8H,1-3H3,(H2,15,16,18,19)/p+1. The summed E-state index contributed by atoms with van der Waals surface area (Å²) in [6.07, 6.45) is 0. The Kier molecular flexibility index (Phi) is 4.02. The maximum absolute atomic E-state index is 11.8. The van der Waals surface area contributed by atoms with Gasteiger partial charge in [-0.15, -0.1) is 0 Å². The quantitative estimate of drug-likeness (QED) is 0.805. The maximum Gasteiger partial charge on any atom is 0.324 e. The molecule has 110 valence electrons. The van der Waals surface area contributed by atoms with E-state index in [2.05, 4.69) is 15.8 Å². The molecule has 0 aliphatic carbocycles. The highest BCUT2D eigenvalue weighted by molar-refractivity contribution is 5.99. The molecule has 1 aromatic carbocycles. The lowest BCUT2D eigenvalue weighted by Gasteiger charge is -2.12. The smallest absolute Gasteiger partial charge is 0.324 e. The van der Waals surface area contributed by atoms with Crippen LogP contribution in [0.4, 0.5) is 22.0 Å². The number of carbonyl (C=O) groups is 1. The van der Waals surface area contributed by atoms with Gasteiger partial charge in [0.1, 0.15) is 5.76 Å². The van der Waals surface area contributed by atoms with E-state index in [4.69, 9.17) is 4.52 Å². The summed E-state index contributed by atoms with van der Waals surface area (Å²) in [5.74, 6) is 1.03. The molecule has 0 spiro atoms. The number of carbonyl (C=O) groups excluding carboxylic acids is 1. The predicted octanol–water partition coefficient (Wildman–Crippen LogP) is 2.09. The zero-order valence-electron chi connectivity index (χ0n) is 12.1. The molecule has 0 aliphatic rings. The van der Waals surface area contributed by atoms with E-state index in [1.165, 1.54) is 0 Å². The molecule has 0 saturated carbocycles. The fraction of sp³-hybridized carbons (Fsp3) is 0.286. The van der Waals surface area contributed by atoms with Crippen LogP contribution < -0.4 is 15.8 Å². The third-order valence-corrected chi connectivity index (χ3v) is 2.75. The van der Waals surface area contributed by atoms with Crippen LogP contribution in [-0.4, -0.2) is 11.2 Å². The molecule has 2 rings (SSSR count). The molecular weight excluding hydrogens is 272 g/mol. The van der Waals surface area contributed by atoms with E-state index in [0.29, 0.717) is 23.0 Å². The van der Waals surface area contributed by atoms with E-state index in [1.807, 2.05) is 20.8 Å². The number of hydrogen-bond acceptors (Lipinski definition) is 4. The van der Waals surface area contributed by atoms with Crippen LogP contribution >= 0.6 is 0 Å². The van der Waals surface area contributed by atoms with Gasteiger partial charge in [-0.3, -0.25) is 5.32 Å². The number of nitrogens with zero attached hydrogens (tertiary/aromatic N) is 1. The van der Waals surface area contributed by atoms with Crippen molar-refractivity contribution in [3.05, 3.63) is 41.0 Å². The average molecular weight is 289 g/mol. The van der Waals surface area contributed by atoms with Crippen molar-refractivity contribution in [2.24, 2.45) is 0 Å². The Morgan fingerprint density at radius 2 is 1.86 bits per heavy atom. The first-order chi connectivity index (χ1) is 9.88. The Morgan fingerprint density at radius 1 is 1.19 bits per heavy atom. The number of nitrogens with one attached hydrogen (secondary N) is 3. The molecule has 2 amide bonds. The molecule has 21 heavy (non-hydrogen) atoms. The lowest BCUT2D eigenvalue weighted by atomic mass is 9.93. The van der Waals surface area contributed by atoms with Crippen molar-refractivity contribution in [1.82, 2.24) is 5.16 Å². The molecule has 0 bridgehead atoms. The number of benzene rings is 1. The fourth-order valence-electron chi connectivity index (χ4n) is 1.59. The number of hydrogen-bond donors (Lipinski definition) is 3. The van der Waals surface area contributed by atoms with Crippen molar-refractivity contribution in [3.8, 4) is 0 Å². The van der Waals surface area contributed by atoms with Crippen LogP contribution in [0.15, 0.2) is 34.9 Å². The lowest BCUT2D eigenvalue weighted by molar-refractivity contribution is -0.379. The number of amides is 2. The van der Waals surface area contributed by atoms with Gasteiger partial charge in [-0.1, -0.05) is 25.9 Å². The number of rotatable bonds is 3. The lowest BCUT2D eigenvalue weighted by Crippen LogP contribution is -2.55. The van der Waals surface area contributed by atoms with Gasteiger partial charge in [0.25, 0.3) is 5.69 Å². The predicted molar refractivity (Wildman–Crippen MR) is 78.3 cm³/mol. The summed E-state index contributed by atoms with van der Waals surface area (Å²) in [5.41, 5.74) is 0.809. The van der Waals surface area contributed by atoms with Gasteiger partial charge in [0.2, 0.25) is 0 Å². The summed E-state index contributed by atoms with van der Waals surface area (Å²) in [6, 6.07) is 7.61. The summed E-state index contributed by atoms with van der Waals surface area (Å²) < 4.78 is 5.17. The van der Waals surface area contributed by atoms with E-state index < -0.39 is 6.03 Å². The van der Waals surface area contributed by atoms with Gasteiger partial charge < -0.3 is 9.84 Å². The number of urea groups is 1. The van der Waals surface area contributed by atoms with E-state index in [1.54, 1.807) is 35.5 Å². The minimum absolute atomic E-state index is 0.176. The van der Waals surface area contributed by atoms with Crippen LogP contribution in [0.3, 0.4) is 0 Å². The molecule has 0 fully saturated rings. The van der Waals surface area contributed by atoms with Crippen LogP contribution in [0, 0.1) is 4.91 Å². The highest BCUT2D eigenvalue weighted by Crippen LogP contribution is 2.24. The molecule has 1 aromatic heterocycles. The van der Waals surface area contributed by atoms with Crippen molar-refractivity contribution in [2.45, 2.75) is 26.2 Å². The summed E-state index contributed by atoms with van der Waals surface area (Å²) in [7, 11) is 0. The maximum atomic E-state index is 11.8. The topological polar surface area (TPSA) is 98.2 Å². The van der Waals surface area contributed by atoms with Crippen molar-refractivity contribution in [1.29, 1.82) is 0 Å². The Labute approximate surface area is 121 Å². The Morgan fingerprint density at radius 3 is 2.38 bits per heavy atom. The molecule has 7 nitrogen and oxygen atoms in total. The van der Waals surface area contributed by atoms with Gasteiger partial charge in [-0.2, -0.15) is 0 Å². The molecule has 2 aromatic rings. The van der Waals surface area contributed by atoms with Crippen molar-refractivity contribution >= 4 is 23.2 Å². The first-order valence-corrected chi connectivity index (χ1v) is 6.42. The fourth-order valence-corrected chi connectivity index (χ4v) is 1.59. The van der Waals surface area contributed by atoms with E-state index >= 15 is 0 Å². The van der Waals surface area contributed by atoms with Gasteiger partial charge in [0.15, 0.2) is 5.82 Å². The molecule has 0 atom stereocenters. The number of aromatic nitrogens is 1. The van der Waals surface area contributed by atoms with E-state index in [-0.39, 0.29) is 5.41 Å². The summed E-state index contributed by atoms with van der Waals surface area (Å²) >= 11 is 0. The summed E-state index contributed by atoms with van der Waals surface area (Å²) in [5, 5.41) is 10.8. The van der Waals surface area contributed by atoms with E-state index in [9.17, 15) is 9.70 Å². The zero-order chi connectivity index (χ0) is 15.5. The first kappa shape index (κ1) is 14.7. The second kappa shape index (κ2) is 5.74. The number of nitroso groups, excluding NO2 is 1. The highest BCUT2D eigenvalue weighted by Gasteiger charge is 2.20. The van der Waals surface area contributed by atoms with Crippen molar-refractivity contribution in [2.75, 3.05) is 10.6 Å². The average Bonchev–Trinajstić information content (AvgIpc) is 2.88. The molecule has 0 unspecified atom stereocenters. The second-order valence-corrected chi connectivity index (χ2v) is 5.58. The van der Waals surface area contributed by atoms with Crippen molar-refractivity contribution in [3.63, 3.8) is 0 Å². The van der Waals surface area contributed by atoms with Crippen LogP contribution in [0.25, 0.3) is 0 Å². The Bertz CT molecular complexity index is 641. The molecule has 1 heterocycles. The summed E-state index contributed by atoms with van der Waals surface area (Å²) in [4.78, 5) is 22.2. The van der Waals surface area contributed by atoms with Crippen LogP contribution in [0.1, 0.15) is 26.5 Å². The van der Waals surface area contributed by atoms with Crippen molar-refractivity contribution < 1.29 is 14.5 Å². The SMILES string of the molecule is CC(C)(C)c1cc(NC(=O)Nc2ccc([NH+]=O)cc2)no1. The first-order valence-electron chi connectivity index (χ1n) is 6.42. The normalized spacial score (nSPS) is 11.0. The van der Waals surface area contributed by atoms with Gasteiger partial charge in [0, 0.05) is 39.4 Å². The number of anilines is 2. The second-order valence-electron chi connectivity index (χ2n) is 5.58. The van der Waals surface area contributed by atoms with Crippen LogP contribution in [0.5, 0.6) is 0 Å². The molecule has 0 aliphatic heterocycles. The third kappa shape index (κ3) is 3.88. The molecule has 0 radical (unpaired) electrons. The third-order valence-electron chi connectivity index (χ3n) is 2.75. The minimum Gasteiger partial charge on any atom is -0.359 e. The van der Waals surface area contributed by atoms with Crippen LogP contribution in [-0.2, 0) is 5.41 Å². The van der Waals surface area contributed by atoms with E-state index in [0.717, 1.165) is 0 Å². The molecule has 7 heteroatoms. The van der Waals surface area contributed by atoms with Gasteiger partial charge in [-0.25, -0.2) is 4.79 Å². The highest BCUT2D eigenvalue weighted by atomic mass is 16.5. The minimum atomic E-state index is -0.438. The summed E-state index contributed by atoms with van der Waals surface area (Å²) in [6.45, 7) is 5.97. The molecular formula is C14H17N4O3+. The zero-order valence-corrected chi connectivity index (χ0v) is 12.1. The van der Waals surface area contributed by atoms with Gasteiger partial charge in [-0.05, 0) is 12.1 Å². The largest absolute Gasteiger partial charge is 0.359 e. The van der Waals surface area contributed by atoms with Gasteiger partial charge in [0.05, 0.1) is 0 Å². The van der Waals surface area contributed by atoms with Crippen LogP contribution in [0.2, 0.25) is 0 Å². The Hall–Kier alpha value is -2.70. The Balaban J connectivity index is 1.98. The monoisotopic (exact) mass is 289 g/mol. The van der Waals surface area contributed by atoms with Gasteiger partial charge >= 0.3 is 6.03 Å². The molecule has 3 N–H and O–H groups in total.